The van der Waals surface area contributed by atoms with Crippen molar-refractivity contribution in [1.82, 2.24) is 25.1 Å². The van der Waals surface area contributed by atoms with E-state index in [1.807, 2.05) is 0 Å². The fourth-order valence-electron chi connectivity index (χ4n) is 3.16. The maximum atomic E-state index is 12.8. The van der Waals surface area contributed by atoms with Crippen molar-refractivity contribution in [3.63, 3.8) is 0 Å². The Balaban J connectivity index is 1.53. The van der Waals surface area contributed by atoms with Crippen LogP contribution in [-0.4, -0.2) is 44.1 Å². The van der Waals surface area contributed by atoms with Crippen LogP contribution in [0.4, 0.5) is 13.2 Å². The van der Waals surface area contributed by atoms with Crippen molar-refractivity contribution in [2.24, 2.45) is 0 Å². The number of piperidine rings is 1. The molecule has 10 heteroatoms. The molecular formula is C17H14F3N5O2. The highest BCUT2D eigenvalue weighted by molar-refractivity contribution is 5.97. The molecule has 0 aliphatic carbocycles. The van der Waals surface area contributed by atoms with Gasteiger partial charge in [-0.3, -0.25) is 14.8 Å². The number of carbonyl (C=O) groups excluding carboxylic acids is 1. The molecule has 7 nitrogen and oxygen atoms in total. The number of alkyl halides is 3. The first-order valence-electron chi connectivity index (χ1n) is 8.32. The molecule has 1 atom stereocenters. The van der Waals surface area contributed by atoms with Gasteiger partial charge in [0.15, 0.2) is 0 Å². The van der Waals surface area contributed by atoms with Crippen LogP contribution in [0, 0.1) is 0 Å². The van der Waals surface area contributed by atoms with Gasteiger partial charge in [-0.15, -0.1) is 10.2 Å². The van der Waals surface area contributed by atoms with E-state index in [0.717, 1.165) is 0 Å². The number of benzene rings is 1. The molecule has 0 spiro atoms. The lowest BCUT2D eigenvalue weighted by Gasteiger charge is -2.31. The Morgan fingerprint density at radius 3 is 2.67 bits per heavy atom. The summed E-state index contributed by atoms with van der Waals surface area (Å²) < 4.78 is 42.7. The van der Waals surface area contributed by atoms with Crippen LogP contribution in [0.3, 0.4) is 0 Å². The number of hydrogen-bond donors (Lipinski definition) is 0. The average molecular weight is 377 g/mol. The van der Waals surface area contributed by atoms with E-state index < -0.39 is 18.0 Å². The minimum absolute atomic E-state index is 0.0933. The van der Waals surface area contributed by atoms with Crippen molar-refractivity contribution >= 4 is 16.9 Å². The third-order valence-electron chi connectivity index (χ3n) is 4.46. The maximum Gasteiger partial charge on any atom is 0.470 e. The summed E-state index contributed by atoms with van der Waals surface area (Å²) in [4.78, 5) is 22.7. The molecule has 3 heterocycles. The topological polar surface area (TPSA) is 85.0 Å². The molecule has 0 N–H and O–H groups in total. The van der Waals surface area contributed by atoms with E-state index in [1.165, 1.54) is 0 Å². The molecule has 3 aromatic rings. The predicted octanol–water partition coefficient (Wildman–Crippen LogP) is 3.05. The van der Waals surface area contributed by atoms with Gasteiger partial charge in [0.2, 0.25) is 5.89 Å². The number of aromatic nitrogens is 4. The van der Waals surface area contributed by atoms with Crippen molar-refractivity contribution in [3.8, 4) is 0 Å². The molecule has 0 bridgehead atoms. The summed E-state index contributed by atoms with van der Waals surface area (Å²) in [5.74, 6) is -2.10. The van der Waals surface area contributed by atoms with Crippen molar-refractivity contribution < 1.29 is 22.4 Å². The molecule has 0 saturated carbocycles. The van der Waals surface area contributed by atoms with E-state index in [1.54, 1.807) is 35.5 Å². The zero-order valence-corrected chi connectivity index (χ0v) is 14.0. The smallest absolute Gasteiger partial charge is 0.417 e. The third-order valence-corrected chi connectivity index (χ3v) is 4.46. The van der Waals surface area contributed by atoms with Crippen molar-refractivity contribution in [2.75, 3.05) is 13.1 Å². The van der Waals surface area contributed by atoms with Gasteiger partial charge in [0, 0.05) is 31.0 Å². The molecule has 1 saturated heterocycles. The second kappa shape index (κ2) is 6.60. The highest BCUT2D eigenvalue weighted by Gasteiger charge is 2.39. The van der Waals surface area contributed by atoms with E-state index in [4.69, 9.17) is 4.42 Å². The number of amides is 1. The van der Waals surface area contributed by atoms with Crippen LogP contribution >= 0.6 is 0 Å². The Bertz CT molecular complexity index is 988. The normalized spacial score (nSPS) is 18.0. The van der Waals surface area contributed by atoms with E-state index in [0.29, 0.717) is 36.0 Å². The number of nitrogens with zero attached hydrogens (tertiary/aromatic N) is 5. The molecule has 1 amide bonds. The molecule has 140 valence electrons. The van der Waals surface area contributed by atoms with Crippen molar-refractivity contribution in [1.29, 1.82) is 0 Å². The highest BCUT2D eigenvalue weighted by Crippen LogP contribution is 2.32. The highest BCUT2D eigenvalue weighted by atomic mass is 19.4. The minimum Gasteiger partial charge on any atom is -0.417 e. The summed E-state index contributed by atoms with van der Waals surface area (Å²) in [6, 6.07) is 5.03. The van der Waals surface area contributed by atoms with Gasteiger partial charge in [-0.25, -0.2) is 0 Å². The average Bonchev–Trinajstić information content (AvgIpc) is 3.18. The fourth-order valence-corrected chi connectivity index (χ4v) is 3.16. The number of carbonyl (C=O) groups is 1. The maximum absolute atomic E-state index is 12.8. The number of likely N-dealkylation sites (tertiary alicyclic amines) is 1. The number of halogens is 3. The summed E-state index contributed by atoms with van der Waals surface area (Å²) in [5, 5.41) is 6.59. The van der Waals surface area contributed by atoms with Gasteiger partial charge in [0.1, 0.15) is 0 Å². The molecule has 1 aliphatic rings. The number of hydrogen-bond acceptors (Lipinski definition) is 6. The Morgan fingerprint density at radius 1 is 1.15 bits per heavy atom. The first kappa shape index (κ1) is 17.4. The van der Waals surface area contributed by atoms with Crippen LogP contribution in [0.5, 0.6) is 0 Å². The molecule has 27 heavy (non-hydrogen) atoms. The number of rotatable bonds is 2. The van der Waals surface area contributed by atoms with E-state index >= 15 is 0 Å². The zero-order chi connectivity index (χ0) is 19.0. The standard InChI is InChI=1S/C17H14F3N5O2/c18-17(19,20)16-24-23-14(27-16)11-2-1-7-25(9-11)15(26)10-3-4-12-13(8-10)22-6-5-21-12/h3-6,8,11H,1-2,7,9H2. The lowest BCUT2D eigenvalue weighted by atomic mass is 9.97. The quantitative estimate of drug-likeness (QED) is 0.682. The first-order chi connectivity index (χ1) is 12.9. The first-order valence-corrected chi connectivity index (χ1v) is 8.32. The SMILES string of the molecule is O=C(c1ccc2nccnc2c1)N1CCCC(c2nnc(C(F)(F)F)o2)C1. The molecule has 0 radical (unpaired) electrons. The van der Waals surface area contributed by atoms with Crippen LogP contribution in [0.15, 0.2) is 35.0 Å². The number of fused-ring (bicyclic) bond motifs is 1. The molecule has 1 fully saturated rings. The Labute approximate surface area is 151 Å². The monoisotopic (exact) mass is 377 g/mol. The van der Waals surface area contributed by atoms with E-state index in [2.05, 4.69) is 20.2 Å². The second-order valence-corrected chi connectivity index (χ2v) is 6.29. The summed E-state index contributed by atoms with van der Waals surface area (Å²) in [7, 11) is 0. The molecule has 1 aliphatic heterocycles. The van der Waals surface area contributed by atoms with E-state index in [9.17, 15) is 18.0 Å². The Kier molecular flexibility index (Phi) is 4.25. The summed E-state index contributed by atoms with van der Waals surface area (Å²) >= 11 is 0. The van der Waals surface area contributed by atoms with Gasteiger partial charge in [-0.1, -0.05) is 0 Å². The minimum atomic E-state index is -4.68. The van der Waals surface area contributed by atoms with Gasteiger partial charge in [-0.2, -0.15) is 13.2 Å². The van der Waals surface area contributed by atoms with Gasteiger partial charge < -0.3 is 9.32 Å². The van der Waals surface area contributed by atoms with Gasteiger partial charge >= 0.3 is 12.1 Å². The van der Waals surface area contributed by atoms with Crippen LogP contribution in [0.2, 0.25) is 0 Å². The largest absolute Gasteiger partial charge is 0.470 e. The molecular weight excluding hydrogens is 363 g/mol. The second-order valence-electron chi connectivity index (χ2n) is 6.29. The van der Waals surface area contributed by atoms with Gasteiger partial charge in [0.25, 0.3) is 5.91 Å². The molecule has 1 aromatic carbocycles. The van der Waals surface area contributed by atoms with Crippen LogP contribution < -0.4 is 0 Å². The Hall–Kier alpha value is -3.04. The Morgan fingerprint density at radius 2 is 1.93 bits per heavy atom. The lowest BCUT2D eigenvalue weighted by Crippen LogP contribution is -2.39. The van der Waals surface area contributed by atoms with Gasteiger partial charge in [0.05, 0.1) is 17.0 Å². The van der Waals surface area contributed by atoms with Crippen LogP contribution in [0.25, 0.3) is 11.0 Å². The molecule has 1 unspecified atom stereocenters. The molecule has 2 aromatic heterocycles. The van der Waals surface area contributed by atoms with Gasteiger partial charge in [-0.05, 0) is 31.0 Å². The zero-order valence-electron chi connectivity index (χ0n) is 14.0. The third kappa shape index (κ3) is 3.46. The summed E-state index contributed by atoms with van der Waals surface area (Å²) in [5.41, 5.74) is 1.73. The predicted molar refractivity (Wildman–Crippen MR) is 86.7 cm³/mol. The molecule has 4 rings (SSSR count). The van der Waals surface area contributed by atoms with Crippen LogP contribution in [-0.2, 0) is 6.18 Å². The fraction of sp³-hybridized carbons (Fsp3) is 0.353. The van der Waals surface area contributed by atoms with Crippen molar-refractivity contribution in [3.05, 3.63) is 47.9 Å². The summed E-state index contributed by atoms with van der Waals surface area (Å²) in [6.07, 6.45) is -0.360. The lowest BCUT2D eigenvalue weighted by molar-refractivity contribution is -0.157. The van der Waals surface area contributed by atoms with Crippen LogP contribution in [0.1, 0.15) is 40.9 Å². The summed E-state index contributed by atoms with van der Waals surface area (Å²) in [6.45, 7) is 0.727. The van der Waals surface area contributed by atoms with E-state index in [-0.39, 0.29) is 18.3 Å². The van der Waals surface area contributed by atoms with Crippen molar-refractivity contribution in [2.45, 2.75) is 24.9 Å².